The summed E-state index contributed by atoms with van der Waals surface area (Å²) in [5.74, 6) is 0. The molecule has 0 saturated heterocycles. The molecule has 0 aliphatic rings. The lowest BCUT2D eigenvalue weighted by atomic mass is 10.1. The number of anilines is 1. The van der Waals surface area contributed by atoms with Crippen LogP contribution in [-0.2, 0) is 6.42 Å². The molecule has 0 saturated carbocycles. The maximum absolute atomic E-state index is 5.95. The van der Waals surface area contributed by atoms with Gasteiger partial charge in [-0.25, -0.2) is 0 Å². The molecule has 0 bridgehead atoms. The van der Waals surface area contributed by atoms with Gasteiger partial charge in [-0.2, -0.15) is 0 Å². The Kier molecular flexibility index (Phi) is 2.18. The number of hydrogen-bond donors (Lipinski definition) is 1. The van der Waals surface area contributed by atoms with E-state index in [1.807, 2.05) is 12.1 Å². The molecule has 0 spiro atoms. The van der Waals surface area contributed by atoms with Crippen LogP contribution in [0, 0.1) is 0 Å². The molecule has 13 heavy (non-hydrogen) atoms. The second-order valence-corrected chi connectivity index (χ2v) is 4.64. The first-order valence-corrected chi connectivity index (χ1v) is 5.38. The molecule has 68 valence electrons. The van der Waals surface area contributed by atoms with Crippen molar-refractivity contribution in [3.05, 3.63) is 28.1 Å². The predicted molar refractivity (Wildman–Crippen MR) is 60.6 cm³/mol. The zero-order valence-electron chi connectivity index (χ0n) is 7.30. The number of halogens is 1. The van der Waals surface area contributed by atoms with Crippen LogP contribution in [0.15, 0.2) is 18.2 Å². The zero-order valence-corrected chi connectivity index (χ0v) is 8.88. The maximum atomic E-state index is 5.95. The number of thiophene rings is 1. The van der Waals surface area contributed by atoms with E-state index in [1.54, 1.807) is 11.3 Å². The van der Waals surface area contributed by atoms with E-state index >= 15 is 0 Å². The number of benzene rings is 1. The highest BCUT2D eigenvalue weighted by Crippen LogP contribution is 2.35. The Morgan fingerprint density at radius 1 is 1.46 bits per heavy atom. The highest BCUT2D eigenvalue weighted by Gasteiger charge is 2.06. The number of rotatable bonds is 1. The molecule has 1 aromatic carbocycles. The number of fused-ring (bicyclic) bond motifs is 1. The van der Waals surface area contributed by atoms with Gasteiger partial charge in [0.05, 0.1) is 9.04 Å². The maximum Gasteiger partial charge on any atom is 0.0941 e. The summed E-state index contributed by atoms with van der Waals surface area (Å²) in [6.45, 7) is 2.14. The number of nitrogens with two attached hydrogens (primary N) is 1. The number of aryl methyl sites for hydroxylation is 1. The fourth-order valence-corrected chi connectivity index (χ4v) is 2.68. The van der Waals surface area contributed by atoms with Gasteiger partial charge in [-0.3, -0.25) is 0 Å². The Hall–Kier alpha value is -0.730. The minimum absolute atomic E-state index is 0.808. The molecule has 0 radical (unpaired) electrons. The van der Waals surface area contributed by atoms with Crippen molar-refractivity contribution >= 4 is 38.7 Å². The van der Waals surface area contributed by atoms with Crippen LogP contribution >= 0.6 is 22.9 Å². The normalized spacial score (nSPS) is 10.9. The second-order valence-electron chi connectivity index (χ2n) is 2.96. The molecule has 2 N–H and O–H groups in total. The fourth-order valence-electron chi connectivity index (χ4n) is 1.48. The van der Waals surface area contributed by atoms with Crippen LogP contribution < -0.4 is 5.73 Å². The summed E-state index contributed by atoms with van der Waals surface area (Å²) >= 11 is 7.50. The lowest BCUT2D eigenvalue weighted by Gasteiger charge is -2.00. The minimum Gasteiger partial charge on any atom is -0.398 e. The van der Waals surface area contributed by atoms with Crippen LogP contribution in [0.4, 0.5) is 5.69 Å². The second kappa shape index (κ2) is 3.20. The molecule has 2 rings (SSSR count). The third-order valence-corrected chi connectivity index (χ3v) is 3.47. The minimum atomic E-state index is 0.808. The van der Waals surface area contributed by atoms with Gasteiger partial charge in [-0.15, -0.1) is 11.3 Å². The molecule has 1 aromatic heterocycles. The molecule has 0 unspecified atom stereocenters. The summed E-state index contributed by atoms with van der Waals surface area (Å²) in [4.78, 5) is 0. The lowest BCUT2D eigenvalue weighted by molar-refractivity contribution is 1.16. The average molecular weight is 212 g/mol. The number of nitrogen functional groups attached to an aromatic ring is 1. The first-order chi connectivity index (χ1) is 6.22. The molecular weight excluding hydrogens is 202 g/mol. The van der Waals surface area contributed by atoms with Crippen LogP contribution in [0.2, 0.25) is 4.34 Å². The summed E-state index contributed by atoms with van der Waals surface area (Å²) in [5, 5.41) is 1.21. The highest BCUT2D eigenvalue weighted by atomic mass is 35.5. The zero-order chi connectivity index (χ0) is 9.42. The van der Waals surface area contributed by atoms with Crippen LogP contribution in [0.3, 0.4) is 0 Å². The van der Waals surface area contributed by atoms with E-state index < -0.39 is 0 Å². The molecule has 0 aliphatic carbocycles. The topological polar surface area (TPSA) is 26.0 Å². The van der Waals surface area contributed by atoms with Crippen LogP contribution in [0.5, 0.6) is 0 Å². The standard InChI is InChI=1S/C10H10ClNS/c1-2-6-3-4-8(12)10-7(6)5-9(11)13-10/h3-5H,2,12H2,1H3. The van der Waals surface area contributed by atoms with Crippen LogP contribution in [0.1, 0.15) is 12.5 Å². The van der Waals surface area contributed by atoms with Gasteiger partial charge in [0, 0.05) is 5.69 Å². The Bertz CT molecular complexity index is 447. The molecule has 1 heterocycles. The van der Waals surface area contributed by atoms with Crippen molar-refractivity contribution in [1.29, 1.82) is 0 Å². The van der Waals surface area contributed by atoms with E-state index in [9.17, 15) is 0 Å². The first-order valence-electron chi connectivity index (χ1n) is 4.18. The lowest BCUT2D eigenvalue weighted by Crippen LogP contribution is -1.87. The summed E-state index contributed by atoms with van der Waals surface area (Å²) < 4.78 is 1.92. The van der Waals surface area contributed by atoms with E-state index in [1.165, 1.54) is 10.9 Å². The predicted octanol–water partition coefficient (Wildman–Crippen LogP) is 3.70. The molecule has 0 atom stereocenters. The monoisotopic (exact) mass is 211 g/mol. The molecule has 2 aromatic rings. The number of hydrogen-bond acceptors (Lipinski definition) is 2. The molecule has 0 aliphatic heterocycles. The third-order valence-electron chi connectivity index (χ3n) is 2.16. The van der Waals surface area contributed by atoms with Gasteiger partial charge in [0.1, 0.15) is 0 Å². The molecule has 0 fully saturated rings. The molecular formula is C10H10ClNS. The molecule has 3 heteroatoms. The summed E-state index contributed by atoms with van der Waals surface area (Å²) in [7, 11) is 0. The van der Waals surface area contributed by atoms with Gasteiger partial charge in [0.25, 0.3) is 0 Å². The highest BCUT2D eigenvalue weighted by molar-refractivity contribution is 7.23. The largest absolute Gasteiger partial charge is 0.398 e. The van der Waals surface area contributed by atoms with Gasteiger partial charge in [0.15, 0.2) is 0 Å². The quantitative estimate of drug-likeness (QED) is 0.716. The fraction of sp³-hybridized carbons (Fsp3) is 0.200. The van der Waals surface area contributed by atoms with Crippen molar-refractivity contribution in [2.45, 2.75) is 13.3 Å². The van der Waals surface area contributed by atoms with Gasteiger partial charge in [0.2, 0.25) is 0 Å². The smallest absolute Gasteiger partial charge is 0.0941 e. The van der Waals surface area contributed by atoms with E-state index in [0.717, 1.165) is 21.1 Å². The Morgan fingerprint density at radius 3 is 2.92 bits per heavy atom. The van der Waals surface area contributed by atoms with E-state index in [-0.39, 0.29) is 0 Å². The van der Waals surface area contributed by atoms with Crippen molar-refractivity contribution in [2.24, 2.45) is 0 Å². The average Bonchev–Trinajstić information content (AvgIpc) is 2.48. The van der Waals surface area contributed by atoms with Crippen LogP contribution in [-0.4, -0.2) is 0 Å². The van der Waals surface area contributed by atoms with Crippen molar-refractivity contribution in [3.8, 4) is 0 Å². The summed E-state index contributed by atoms with van der Waals surface area (Å²) in [6.07, 6.45) is 1.02. The molecule has 0 amide bonds. The van der Waals surface area contributed by atoms with Crippen molar-refractivity contribution in [3.63, 3.8) is 0 Å². The van der Waals surface area contributed by atoms with Crippen molar-refractivity contribution in [2.75, 3.05) is 5.73 Å². The van der Waals surface area contributed by atoms with Crippen LogP contribution in [0.25, 0.3) is 10.1 Å². The summed E-state index contributed by atoms with van der Waals surface area (Å²) in [6, 6.07) is 6.02. The Labute approximate surface area is 86.1 Å². The summed E-state index contributed by atoms with van der Waals surface area (Å²) in [5.41, 5.74) is 7.98. The Balaban J connectivity index is 2.83. The molecule has 1 nitrogen and oxygen atoms in total. The first kappa shape index (κ1) is 8.85. The van der Waals surface area contributed by atoms with E-state index in [4.69, 9.17) is 17.3 Å². The van der Waals surface area contributed by atoms with Crippen molar-refractivity contribution < 1.29 is 0 Å². The van der Waals surface area contributed by atoms with Gasteiger partial charge < -0.3 is 5.73 Å². The van der Waals surface area contributed by atoms with Gasteiger partial charge >= 0.3 is 0 Å². The van der Waals surface area contributed by atoms with Gasteiger partial charge in [-0.05, 0) is 29.5 Å². The van der Waals surface area contributed by atoms with E-state index in [2.05, 4.69) is 13.0 Å². The Morgan fingerprint density at radius 2 is 2.23 bits per heavy atom. The van der Waals surface area contributed by atoms with Gasteiger partial charge in [-0.1, -0.05) is 24.6 Å². The van der Waals surface area contributed by atoms with E-state index in [0.29, 0.717) is 0 Å². The van der Waals surface area contributed by atoms with Crippen molar-refractivity contribution in [1.82, 2.24) is 0 Å². The third kappa shape index (κ3) is 1.40. The SMILES string of the molecule is CCc1ccc(N)c2sc(Cl)cc12.